The summed E-state index contributed by atoms with van der Waals surface area (Å²) in [4.78, 5) is 0. The molecule has 1 atom stereocenters. The Kier molecular flexibility index (Phi) is 2.93. The van der Waals surface area contributed by atoms with Crippen LogP contribution in [0.5, 0.6) is 0 Å². The molecule has 0 spiro atoms. The predicted octanol–water partition coefficient (Wildman–Crippen LogP) is 0.768. The van der Waals surface area contributed by atoms with Crippen molar-refractivity contribution in [1.82, 2.24) is 20.2 Å². The molecule has 2 aromatic rings. The van der Waals surface area contributed by atoms with Gasteiger partial charge in [-0.3, -0.25) is 0 Å². The predicted molar refractivity (Wildman–Crippen MR) is 62.4 cm³/mol. The Balaban J connectivity index is 2.50. The SMILES string of the molecule is C[C@@H](c1nnnn1-c1ccccc1)S(C)(=O)=O. The van der Waals surface area contributed by atoms with E-state index in [4.69, 9.17) is 0 Å². The zero-order valence-corrected chi connectivity index (χ0v) is 10.3. The van der Waals surface area contributed by atoms with Crippen molar-refractivity contribution in [3.05, 3.63) is 36.2 Å². The van der Waals surface area contributed by atoms with Crippen LogP contribution >= 0.6 is 0 Å². The quantitative estimate of drug-likeness (QED) is 0.806. The summed E-state index contributed by atoms with van der Waals surface area (Å²) in [6.07, 6.45) is 1.17. The fourth-order valence-corrected chi connectivity index (χ4v) is 1.92. The maximum Gasteiger partial charge on any atom is 0.174 e. The highest BCUT2D eigenvalue weighted by atomic mass is 32.2. The number of rotatable bonds is 3. The van der Waals surface area contributed by atoms with Crippen LogP contribution in [0.4, 0.5) is 0 Å². The second-order valence-corrected chi connectivity index (χ2v) is 6.12. The molecule has 0 aliphatic carbocycles. The zero-order valence-electron chi connectivity index (χ0n) is 9.48. The summed E-state index contributed by atoms with van der Waals surface area (Å²) in [5.41, 5.74) is 0.739. The number of aromatic nitrogens is 4. The van der Waals surface area contributed by atoms with Crippen LogP contribution in [-0.2, 0) is 9.84 Å². The van der Waals surface area contributed by atoms with E-state index in [-0.39, 0.29) is 0 Å². The molecule has 0 aliphatic rings. The van der Waals surface area contributed by atoms with E-state index < -0.39 is 15.1 Å². The lowest BCUT2D eigenvalue weighted by Crippen LogP contribution is -2.14. The number of hydrogen-bond acceptors (Lipinski definition) is 5. The van der Waals surface area contributed by atoms with Crippen LogP contribution in [0, 0.1) is 0 Å². The lowest BCUT2D eigenvalue weighted by Gasteiger charge is -2.09. The Morgan fingerprint density at radius 3 is 2.47 bits per heavy atom. The van der Waals surface area contributed by atoms with Crippen LogP contribution in [-0.4, -0.2) is 34.9 Å². The van der Waals surface area contributed by atoms with E-state index in [1.165, 1.54) is 10.9 Å². The van der Waals surface area contributed by atoms with Crippen LogP contribution < -0.4 is 0 Å². The zero-order chi connectivity index (χ0) is 12.5. The van der Waals surface area contributed by atoms with Crippen molar-refractivity contribution in [2.24, 2.45) is 0 Å². The first-order chi connectivity index (χ1) is 8.00. The van der Waals surface area contributed by atoms with Gasteiger partial charge in [0.2, 0.25) is 0 Å². The van der Waals surface area contributed by atoms with Gasteiger partial charge >= 0.3 is 0 Å². The Morgan fingerprint density at radius 1 is 1.24 bits per heavy atom. The number of benzene rings is 1. The maximum absolute atomic E-state index is 11.5. The van der Waals surface area contributed by atoms with E-state index >= 15 is 0 Å². The minimum absolute atomic E-state index is 0.318. The van der Waals surface area contributed by atoms with Gasteiger partial charge in [0.1, 0.15) is 5.25 Å². The number of sulfone groups is 1. The van der Waals surface area contributed by atoms with Gasteiger partial charge in [-0.25, -0.2) is 8.42 Å². The first-order valence-corrected chi connectivity index (χ1v) is 6.98. The fourth-order valence-electron chi connectivity index (χ4n) is 1.39. The molecule has 0 N–H and O–H groups in total. The Labute approximate surface area is 99.2 Å². The maximum atomic E-state index is 11.5. The van der Waals surface area contributed by atoms with Crippen molar-refractivity contribution in [1.29, 1.82) is 0 Å². The van der Waals surface area contributed by atoms with Gasteiger partial charge in [0, 0.05) is 6.26 Å². The third-order valence-corrected chi connectivity index (χ3v) is 4.00. The van der Waals surface area contributed by atoms with E-state index in [0.29, 0.717) is 5.82 Å². The first-order valence-electron chi connectivity index (χ1n) is 5.02. The monoisotopic (exact) mass is 252 g/mol. The molecule has 0 bridgehead atoms. The number of hydrogen-bond donors (Lipinski definition) is 0. The Hall–Kier alpha value is -1.76. The molecule has 0 saturated heterocycles. The summed E-state index contributed by atoms with van der Waals surface area (Å²) in [5, 5.41) is 10.4. The summed E-state index contributed by atoms with van der Waals surface area (Å²) < 4.78 is 24.4. The van der Waals surface area contributed by atoms with Crippen molar-refractivity contribution in [3.8, 4) is 5.69 Å². The second-order valence-electron chi connectivity index (χ2n) is 3.76. The van der Waals surface area contributed by atoms with E-state index in [9.17, 15) is 8.42 Å². The molecule has 1 aromatic carbocycles. The minimum Gasteiger partial charge on any atom is -0.228 e. The van der Waals surface area contributed by atoms with E-state index in [1.54, 1.807) is 6.92 Å². The average Bonchev–Trinajstić information content (AvgIpc) is 2.76. The van der Waals surface area contributed by atoms with Gasteiger partial charge in [0.25, 0.3) is 0 Å². The van der Waals surface area contributed by atoms with E-state index in [1.807, 2.05) is 30.3 Å². The molecule has 0 fully saturated rings. The summed E-state index contributed by atoms with van der Waals surface area (Å²) in [5.74, 6) is 0.318. The highest BCUT2D eigenvalue weighted by molar-refractivity contribution is 7.90. The topological polar surface area (TPSA) is 77.7 Å². The molecule has 17 heavy (non-hydrogen) atoms. The standard InChI is InChI=1S/C10H12N4O2S/c1-8(17(2,15)16)10-11-12-13-14(10)9-6-4-3-5-7-9/h3-8H,1-2H3/t8-/m0/s1. The van der Waals surface area contributed by atoms with Crippen molar-refractivity contribution < 1.29 is 8.42 Å². The molecule has 2 rings (SSSR count). The molecule has 1 aromatic heterocycles. The highest BCUT2D eigenvalue weighted by Crippen LogP contribution is 2.20. The molecule has 0 radical (unpaired) electrons. The van der Waals surface area contributed by atoms with Gasteiger partial charge in [-0.2, -0.15) is 4.68 Å². The van der Waals surface area contributed by atoms with Crippen LogP contribution in [0.2, 0.25) is 0 Å². The van der Waals surface area contributed by atoms with Crippen molar-refractivity contribution in [2.45, 2.75) is 12.2 Å². The van der Waals surface area contributed by atoms with E-state index in [0.717, 1.165) is 5.69 Å². The largest absolute Gasteiger partial charge is 0.228 e. The molecular weight excluding hydrogens is 240 g/mol. The molecule has 7 heteroatoms. The Morgan fingerprint density at radius 2 is 1.88 bits per heavy atom. The molecule has 90 valence electrons. The summed E-state index contributed by atoms with van der Waals surface area (Å²) >= 11 is 0. The van der Waals surface area contributed by atoms with E-state index in [2.05, 4.69) is 15.5 Å². The van der Waals surface area contributed by atoms with Gasteiger partial charge in [-0.15, -0.1) is 5.10 Å². The van der Waals surface area contributed by atoms with Crippen molar-refractivity contribution in [3.63, 3.8) is 0 Å². The van der Waals surface area contributed by atoms with Crippen LogP contribution in [0.1, 0.15) is 18.0 Å². The summed E-state index contributed by atoms with van der Waals surface area (Å²) in [6, 6.07) is 9.18. The second kappa shape index (κ2) is 4.25. The highest BCUT2D eigenvalue weighted by Gasteiger charge is 2.24. The third kappa shape index (κ3) is 2.33. The van der Waals surface area contributed by atoms with Gasteiger partial charge in [0.15, 0.2) is 15.7 Å². The third-order valence-electron chi connectivity index (χ3n) is 2.50. The van der Waals surface area contributed by atoms with Gasteiger partial charge in [-0.1, -0.05) is 18.2 Å². The van der Waals surface area contributed by atoms with Crippen LogP contribution in [0.15, 0.2) is 30.3 Å². The van der Waals surface area contributed by atoms with Crippen molar-refractivity contribution in [2.75, 3.05) is 6.26 Å². The molecule has 0 saturated carbocycles. The lowest BCUT2D eigenvalue weighted by molar-refractivity contribution is 0.587. The summed E-state index contributed by atoms with van der Waals surface area (Å²) in [6.45, 7) is 1.57. The van der Waals surface area contributed by atoms with Crippen molar-refractivity contribution >= 4 is 9.84 Å². The number of para-hydroxylation sites is 1. The van der Waals surface area contributed by atoms with Gasteiger partial charge in [0.05, 0.1) is 5.69 Å². The van der Waals surface area contributed by atoms with Crippen LogP contribution in [0.3, 0.4) is 0 Å². The Bertz CT molecular complexity index is 606. The molecule has 0 aliphatic heterocycles. The number of tetrazole rings is 1. The molecule has 1 heterocycles. The van der Waals surface area contributed by atoms with Gasteiger partial charge in [-0.05, 0) is 29.5 Å². The smallest absolute Gasteiger partial charge is 0.174 e. The fraction of sp³-hybridized carbons (Fsp3) is 0.300. The first kappa shape index (κ1) is 11.7. The molecule has 0 amide bonds. The molecule has 6 nitrogen and oxygen atoms in total. The normalized spacial score (nSPS) is 13.5. The van der Waals surface area contributed by atoms with Gasteiger partial charge < -0.3 is 0 Å². The number of nitrogens with zero attached hydrogens (tertiary/aromatic N) is 4. The van der Waals surface area contributed by atoms with Crippen LogP contribution in [0.25, 0.3) is 5.69 Å². The average molecular weight is 252 g/mol. The lowest BCUT2D eigenvalue weighted by atomic mass is 10.3. The summed E-state index contributed by atoms with van der Waals surface area (Å²) in [7, 11) is -3.22. The molecule has 0 unspecified atom stereocenters. The minimum atomic E-state index is -3.22. The molecular formula is C10H12N4O2S.